The van der Waals surface area contributed by atoms with Crippen LogP contribution in [-0.2, 0) is 11.8 Å². The van der Waals surface area contributed by atoms with Crippen molar-refractivity contribution in [3.63, 3.8) is 0 Å². The van der Waals surface area contributed by atoms with Crippen molar-refractivity contribution in [2.24, 2.45) is 5.73 Å². The van der Waals surface area contributed by atoms with Gasteiger partial charge in [-0.05, 0) is 36.2 Å². The molecule has 3 N–H and O–H groups in total. The normalized spacial score (nSPS) is 35.9. The Bertz CT molecular complexity index is 446. The summed E-state index contributed by atoms with van der Waals surface area (Å²) in [5.74, 6) is 0.927. The van der Waals surface area contributed by atoms with E-state index in [1.165, 1.54) is 11.1 Å². The molecule has 86 valence electrons. The first kappa shape index (κ1) is 10.1. The third kappa shape index (κ3) is 1.05. The predicted molar refractivity (Wildman–Crippen MR) is 63.6 cm³/mol. The minimum Gasteiger partial charge on any atom is -0.497 e. The molecule has 0 spiro atoms. The van der Waals surface area contributed by atoms with E-state index in [2.05, 4.69) is 24.4 Å². The van der Waals surface area contributed by atoms with Crippen LogP contribution in [0, 0.1) is 0 Å². The predicted octanol–water partition coefficient (Wildman–Crippen LogP) is 1.16. The summed E-state index contributed by atoms with van der Waals surface area (Å²) in [6, 6.07) is 6.32. The molecule has 1 aliphatic carbocycles. The molecule has 1 saturated heterocycles. The number of fused-ring (bicyclic) bond motifs is 3. The fourth-order valence-corrected chi connectivity index (χ4v) is 3.24. The molecule has 3 rings (SSSR count). The molecule has 1 aromatic carbocycles. The standard InChI is InChI=1S/C13H18N2O/c1-12-5-6-15-13(12,14)8-9-3-4-10(16-2)7-11(9)12/h3-4,7,15H,5-6,8,14H2,1-2H3. The molecule has 0 amide bonds. The largest absolute Gasteiger partial charge is 0.497 e. The number of hydrogen-bond acceptors (Lipinski definition) is 3. The second-order valence-corrected chi connectivity index (χ2v) is 5.18. The molecule has 1 aromatic rings. The van der Waals surface area contributed by atoms with Gasteiger partial charge in [0.05, 0.1) is 12.8 Å². The quantitative estimate of drug-likeness (QED) is 0.743. The summed E-state index contributed by atoms with van der Waals surface area (Å²) in [7, 11) is 1.71. The lowest BCUT2D eigenvalue weighted by atomic mass is 9.77. The summed E-state index contributed by atoms with van der Waals surface area (Å²) in [4.78, 5) is 0. The van der Waals surface area contributed by atoms with Crippen LogP contribution in [0.3, 0.4) is 0 Å². The van der Waals surface area contributed by atoms with Crippen LogP contribution in [0.15, 0.2) is 18.2 Å². The van der Waals surface area contributed by atoms with Crippen LogP contribution in [0.4, 0.5) is 0 Å². The summed E-state index contributed by atoms with van der Waals surface area (Å²) in [5, 5.41) is 3.46. The Balaban J connectivity index is 2.16. The van der Waals surface area contributed by atoms with Crippen molar-refractivity contribution in [1.29, 1.82) is 0 Å². The van der Waals surface area contributed by atoms with E-state index in [1.807, 2.05) is 6.07 Å². The highest BCUT2D eigenvalue weighted by molar-refractivity contribution is 5.49. The molecular weight excluding hydrogens is 200 g/mol. The highest BCUT2D eigenvalue weighted by atomic mass is 16.5. The Morgan fingerprint density at radius 2 is 2.25 bits per heavy atom. The van der Waals surface area contributed by atoms with Crippen LogP contribution >= 0.6 is 0 Å². The second-order valence-electron chi connectivity index (χ2n) is 5.18. The van der Waals surface area contributed by atoms with Gasteiger partial charge in [-0.2, -0.15) is 0 Å². The molecule has 2 aliphatic rings. The fourth-order valence-electron chi connectivity index (χ4n) is 3.24. The van der Waals surface area contributed by atoms with Crippen molar-refractivity contribution in [3.8, 4) is 5.75 Å². The number of nitrogens with one attached hydrogen (secondary N) is 1. The molecule has 0 bridgehead atoms. The number of methoxy groups -OCH3 is 1. The second kappa shape index (κ2) is 2.99. The highest BCUT2D eigenvalue weighted by Gasteiger charge is 2.55. The van der Waals surface area contributed by atoms with E-state index >= 15 is 0 Å². The molecule has 1 fully saturated rings. The summed E-state index contributed by atoms with van der Waals surface area (Å²) in [6.07, 6.45) is 2.02. The Hall–Kier alpha value is -1.06. The number of benzene rings is 1. The van der Waals surface area contributed by atoms with Gasteiger partial charge in [0.1, 0.15) is 5.75 Å². The molecule has 1 aliphatic heterocycles. The van der Waals surface area contributed by atoms with Crippen LogP contribution in [0.25, 0.3) is 0 Å². The van der Waals surface area contributed by atoms with E-state index < -0.39 is 0 Å². The van der Waals surface area contributed by atoms with Crippen LogP contribution in [0.5, 0.6) is 5.75 Å². The van der Waals surface area contributed by atoms with Gasteiger partial charge in [0.15, 0.2) is 0 Å². The smallest absolute Gasteiger partial charge is 0.119 e. The van der Waals surface area contributed by atoms with Crippen LogP contribution < -0.4 is 15.8 Å². The lowest BCUT2D eigenvalue weighted by molar-refractivity contribution is 0.280. The van der Waals surface area contributed by atoms with Crippen molar-refractivity contribution in [3.05, 3.63) is 29.3 Å². The lowest BCUT2D eigenvalue weighted by Gasteiger charge is -2.34. The third-order valence-electron chi connectivity index (χ3n) is 4.43. The summed E-state index contributed by atoms with van der Waals surface area (Å²) < 4.78 is 5.30. The van der Waals surface area contributed by atoms with Gasteiger partial charge in [0.25, 0.3) is 0 Å². The zero-order valence-corrected chi connectivity index (χ0v) is 9.84. The van der Waals surface area contributed by atoms with Crippen LogP contribution in [0.1, 0.15) is 24.5 Å². The first-order valence-electron chi connectivity index (χ1n) is 5.80. The van der Waals surface area contributed by atoms with Crippen LogP contribution in [-0.4, -0.2) is 19.3 Å². The molecule has 3 heteroatoms. The average Bonchev–Trinajstić information content (AvgIpc) is 2.66. The van der Waals surface area contributed by atoms with Gasteiger partial charge < -0.3 is 10.5 Å². The molecule has 2 atom stereocenters. The van der Waals surface area contributed by atoms with E-state index in [-0.39, 0.29) is 11.1 Å². The third-order valence-corrected chi connectivity index (χ3v) is 4.43. The van der Waals surface area contributed by atoms with Crippen molar-refractivity contribution >= 4 is 0 Å². The summed E-state index contributed by atoms with van der Waals surface area (Å²) in [5.41, 5.74) is 9.00. The van der Waals surface area contributed by atoms with E-state index in [0.717, 1.165) is 25.1 Å². The van der Waals surface area contributed by atoms with Gasteiger partial charge in [-0.25, -0.2) is 0 Å². The van der Waals surface area contributed by atoms with E-state index in [1.54, 1.807) is 7.11 Å². The van der Waals surface area contributed by atoms with Crippen molar-refractivity contribution in [2.75, 3.05) is 13.7 Å². The van der Waals surface area contributed by atoms with E-state index in [9.17, 15) is 0 Å². The number of hydrogen-bond donors (Lipinski definition) is 2. The zero-order chi connectivity index (χ0) is 11.4. The fraction of sp³-hybridized carbons (Fsp3) is 0.538. The minimum atomic E-state index is -0.262. The van der Waals surface area contributed by atoms with Crippen molar-refractivity contribution in [1.82, 2.24) is 5.32 Å². The maximum atomic E-state index is 6.49. The van der Waals surface area contributed by atoms with Crippen molar-refractivity contribution in [2.45, 2.75) is 30.8 Å². The Labute approximate surface area is 96.0 Å². The zero-order valence-electron chi connectivity index (χ0n) is 9.84. The maximum absolute atomic E-state index is 6.49. The molecule has 0 saturated carbocycles. The summed E-state index contributed by atoms with van der Waals surface area (Å²) in [6.45, 7) is 3.27. The molecule has 1 heterocycles. The summed E-state index contributed by atoms with van der Waals surface area (Å²) >= 11 is 0. The molecule has 0 aromatic heterocycles. The molecular formula is C13H18N2O. The molecule has 16 heavy (non-hydrogen) atoms. The number of rotatable bonds is 1. The maximum Gasteiger partial charge on any atom is 0.119 e. The van der Waals surface area contributed by atoms with Gasteiger partial charge in [0, 0.05) is 11.8 Å². The van der Waals surface area contributed by atoms with Crippen LogP contribution in [0.2, 0.25) is 0 Å². The van der Waals surface area contributed by atoms with Gasteiger partial charge >= 0.3 is 0 Å². The number of nitrogens with two attached hydrogens (primary N) is 1. The average molecular weight is 218 g/mol. The van der Waals surface area contributed by atoms with Gasteiger partial charge in [-0.3, -0.25) is 5.32 Å². The topological polar surface area (TPSA) is 47.3 Å². The Morgan fingerprint density at radius 3 is 3.00 bits per heavy atom. The van der Waals surface area contributed by atoms with Gasteiger partial charge in [-0.1, -0.05) is 13.0 Å². The Morgan fingerprint density at radius 1 is 1.44 bits per heavy atom. The van der Waals surface area contributed by atoms with E-state index in [0.29, 0.717) is 0 Å². The molecule has 3 nitrogen and oxygen atoms in total. The SMILES string of the molecule is COc1ccc2c(c1)C1(C)CCNC1(N)C2. The van der Waals surface area contributed by atoms with Gasteiger partial charge in [0.2, 0.25) is 0 Å². The lowest BCUT2D eigenvalue weighted by Crippen LogP contribution is -2.58. The van der Waals surface area contributed by atoms with E-state index in [4.69, 9.17) is 10.5 Å². The molecule has 2 unspecified atom stereocenters. The monoisotopic (exact) mass is 218 g/mol. The number of ether oxygens (including phenoxy) is 1. The first-order valence-corrected chi connectivity index (χ1v) is 5.80. The first-order chi connectivity index (χ1) is 7.59. The Kier molecular flexibility index (Phi) is 1.89. The van der Waals surface area contributed by atoms with Gasteiger partial charge in [-0.15, -0.1) is 0 Å². The highest BCUT2D eigenvalue weighted by Crippen LogP contribution is 2.49. The molecule has 0 radical (unpaired) electrons. The minimum absolute atomic E-state index is 0.0525. The van der Waals surface area contributed by atoms with Crippen molar-refractivity contribution < 1.29 is 4.74 Å².